The van der Waals surface area contributed by atoms with Crippen molar-refractivity contribution in [1.29, 1.82) is 0 Å². The van der Waals surface area contributed by atoms with Gasteiger partial charge in [0.25, 0.3) is 0 Å². The van der Waals surface area contributed by atoms with Crippen LogP contribution in [0.1, 0.15) is 232 Å². The maximum absolute atomic E-state index is 7.38. The van der Waals surface area contributed by atoms with Gasteiger partial charge in [0.05, 0.1) is 24.4 Å². The van der Waals surface area contributed by atoms with E-state index in [2.05, 4.69) is 314 Å². The Morgan fingerprint density at radius 1 is 0.169 bits per heavy atom. The van der Waals surface area contributed by atoms with Gasteiger partial charge in [0.15, 0.2) is 0 Å². The van der Waals surface area contributed by atoms with Crippen LogP contribution in [0.2, 0.25) is 0 Å². The average Bonchev–Trinajstić information content (AvgIpc) is 0.787. The number of aryl methyl sites for hydroxylation is 8. The molecular formula is C120H152O12P4. The summed E-state index contributed by atoms with van der Waals surface area (Å²) in [7, 11) is -7.43. The fraction of sp³-hybridized carbons (Fsp3) is 0.400. The van der Waals surface area contributed by atoms with Crippen molar-refractivity contribution < 1.29 is 54.3 Å². The first kappa shape index (κ1) is 107. The van der Waals surface area contributed by atoms with Crippen molar-refractivity contribution in [3.05, 3.63) is 311 Å². The maximum atomic E-state index is 7.38. The van der Waals surface area contributed by atoms with Gasteiger partial charge in [0, 0.05) is 32.3 Å². The molecule has 18 rings (SSSR count). The summed E-state index contributed by atoms with van der Waals surface area (Å²) < 4.78 is 84.4. The van der Waals surface area contributed by atoms with E-state index < -0.39 is 34.4 Å². The van der Waals surface area contributed by atoms with Crippen molar-refractivity contribution in [2.75, 3.05) is 0 Å². The van der Waals surface area contributed by atoms with Gasteiger partial charge >= 0.3 is 34.4 Å². The molecule has 4 saturated carbocycles. The van der Waals surface area contributed by atoms with Gasteiger partial charge in [-0.25, -0.2) is 0 Å². The number of hydrogen-bond donors (Lipinski definition) is 0. The summed E-state index contributed by atoms with van der Waals surface area (Å²) in [4.78, 5) is 0. The van der Waals surface area contributed by atoms with Gasteiger partial charge in [-0.3, -0.25) is 18.1 Å². The minimum absolute atomic E-state index is 0.0742. The first-order valence-electron chi connectivity index (χ1n) is 50.7. The van der Waals surface area contributed by atoms with Crippen molar-refractivity contribution in [3.8, 4) is 46.0 Å². The molecule has 136 heavy (non-hydrogen) atoms. The molecule has 14 unspecified atom stereocenters. The van der Waals surface area contributed by atoms with Crippen molar-refractivity contribution in [1.82, 2.24) is 0 Å². The van der Waals surface area contributed by atoms with E-state index in [1.54, 1.807) is 0 Å². The third kappa shape index (κ3) is 27.2. The molecule has 0 saturated heterocycles. The molecule has 16 heteroatoms. The van der Waals surface area contributed by atoms with Crippen LogP contribution in [0.3, 0.4) is 0 Å². The van der Waals surface area contributed by atoms with Gasteiger partial charge in [0.1, 0.15) is 46.0 Å². The van der Waals surface area contributed by atoms with Gasteiger partial charge in [-0.2, -0.15) is 0 Å². The third-order valence-corrected chi connectivity index (χ3v) is 31.1. The lowest BCUT2D eigenvalue weighted by Crippen LogP contribution is -2.43. The molecule has 0 amide bonds. The molecule has 0 radical (unpaired) electrons. The second-order valence-corrected chi connectivity index (χ2v) is 39.7. The predicted molar refractivity (Wildman–Crippen MR) is 581 cm³/mol. The molecule has 0 bridgehead atoms. The Hall–Kier alpha value is -9.40. The van der Waals surface area contributed by atoms with Gasteiger partial charge in [-0.15, -0.1) is 0 Å². The van der Waals surface area contributed by atoms with Crippen LogP contribution < -0.4 is 36.2 Å². The fourth-order valence-corrected chi connectivity index (χ4v) is 24.6. The van der Waals surface area contributed by atoms with Gasteiger partial charge in [-0.1, -0.05) is 329 Å². The number of rotatable bonds is 26. The summed E-state index contributed by atoms with van der Waals surface area (Å²) in [5.74, 6) is 9.20. The highest BCUT2D eigenvalue weighted by molar-refractivity contribution is 7.43. The highest BCUT2D eigenvalue weighted by Gasteiger charge is 2.48. The zero-order valence-electron chi connectivity index (χ0n) is 85.5. The monoisotopic (exact) mass is 1910 g/mol. The molecule has 14 atom stereocenters. The minimum Gasteiger partial charge on any atom is -0.417 e. The van der Waals surface area contributed by atoms with Gasteiger partial charge in [-0.05, 0) is 305 Å². The average molecular weight is 1910 g/mol. The Morgan fingerprint density at radius 2 is 0.324 bits per heavy atom. The number of fused-ring (bicyclic) bond motifs is 6. The normalized spacial score (nSPS) is 20.5. The van der Waals surface area contributed by atoms with Gasteiger partial charge in [0.2, 0.25) is 0 Å². The zero-order valence-corrected chi connectivity index (χ0v) is 89.1. The molecule has 724 valence electrons. The predicted octanol–water partition coefficient (Wildman–Crippen LogP) is 38.3. The van der Waals surface area contributed by atoms with Crippen LogP contribution in [-0.2, 0) is 18.1 Å². The Bertz CT molecular complexity index is 5520. The Kier molecular flexibility index (Phi) is 42.2. The summed E-state index contributed by atoms with van der Waals surface area (Å²) in [6.45, 7) is 50.5. The topological polar surface area (TPSA) is 111 Å². The quantitative estimate of drug-likeness (QED) is 0.0481. The van der Waals surface area contributed by atoms with Crippen LogP contribution in [-0.4, -0.2) is 24.4 Å². The van der Waals surface area contributed by atoms with Crippen molar-refractivity contribution in [3.63, 3.8) is 0 Å². The molecule has 14 aromatic rings. The third-order valence-electron chi connectivity index (χ3n) is 26.6. The fourth-order valence-electron chi connectivity index (χ4n) is 19.6. The minimum atomic E-state index is -1.90. The molecule has 4 aliphatic carbocycles. The summed E-state index contributed by atoms with van der Waals surface area (Å²) >= 11 is 0. The second kappa shape index (κ2) is 53.7. The number of hydrogen-bond acceptors (Lipinski definition) is 12. The summed E-state index contributed by atoms with van der Waals surface area (Å²) in [5, 5.41) is 13.3. The van der Waals surface area contributed by atoms with E-state index in [1.165, 1.54) is 33.4 Å². The summed E-state index contributed by atoms with van der Waals surface area (Å²) in [6.07, 6.45) is 11.7. The van der Waals surface area contributed by atoms with E-state index in [-0.39, 0.29) is 48.1 Å². The lowest BCUT2D eigenvalue weighted by Gasteiger charge is -2.45. The van der Waals surface area contributed by atoms with E-state index in [0.717, 1.165) is 199 Å². The lowest BCUT2D eigenvalue weighted by molar-refractivity contribution is -0.0362. The first-order chi connectivity index (χ1) is 66.4. The van der Waals surface area contributed by atoms with E-state index in [9.17, 15) is 0 Å². The van der Waals surface area contributed by atoms with E-state index >= 15 is 0 Å². The summed E-state index contributed by atoms with van der Waals surface area (Å²) in [5.41, 5.74) is 9.30. The molecular weight excluding hydrogens is 1760 g/mol. The Balaban J connectivity index is 0.000000237. The first-order valence-corrected chi connectivity index (χ1v) is 55.1. The van der Waals surface area contributed by atoms with Crippen LogP contribution in [0.25, 0.3) is 64.6 Å². The van der Waals surface area contributed by atoms with Crippen molar-refractivity contribution in [2.24, 2.45) is 47.3 Å². The smallest absolute Gasteiger partial charge is 0.417 e. The van der Waals surface area contributed by atoms with Crippen LogP contribution in [0.4, 0.5) is 0 Å². The highest BCUT2D eigenvalue weighted by Crippen LogP contribution is 2.59. The molecule has 12 nitrogen and oxygen atoms in total. The molecule has 0 N–H and O–H groups in total. The molecule has 4 aliphatic rings. The highest BCUT2D eigenvalue weighted by atomic mass is 31.2. The zero-order chi connectivity index (χ0) is 97.5. The maximum Gasteiger partial charge on any atom is 0.463 e. The standard InChI is InChI=1S/C58H60O6P2.C50H56O6P2.6C2H6/c1-37-23-29-57(63-65(59-53-31-25-39(3)43-15-7-11-19-47(43)53)60-54-32-26-40(4)44-16-8-12-20-48(44)54)51(35-37)52-36-38(2)24-30-58(52)64-66(61-55-33-27-41(5)45-17-9-13-21-49(45)55)62-56-34-28-42(6)46-18-10-14-22-50(46)56;1-33-23-27-49(55-57(51-45-21-13-7-15-37(45)5)53-47-29-25-35(3)39-17-9-11-19-41(39)47)43(31-33)44-32-34(2)24-28-50(44)56-58(52-46-22-14-8-16-38(46)6)54-48-30-26-36(4)40-18-10-12-20-42(40)48;6*1-2/h7-22,25-28,31-34,37-38,51-52,57-58H,23-24,29-30,35-36H2,1-6H3;7-22,25-26,29-30,33-34,43-44,49-50H,23-24,27-28,31-32H2,1-6H3;6*1-2H3. The van der Waals surface area contributed by atoms with Crippen molar-refractivity contribution >= 4 is 99.0 Å². The van der Waals surface area contributed by atoms with E-state index in [4.69, 9.17) is 54.3 Å². The van der Waals surface area contributed by atoms with Crippen molar-refractivity contribution in [2.45, 2.75) is 268 Å². The lowest BCUT2D eigenvalue weighted by atomic mass is 9.66. The van der Waals surface area contributed by atoms with Crippen LogP contribution in [0, 0.1) is 103 Å². The summed E-state index contributed by atoms with van der Waals surface area (Å²) in [6, 6.07) is 91.9. The molecule has 0 aliphatic heterocycles. The molecule has 0 heterocycles. The Morgan fingerprint density at radius 3 is 0.500 bits per heavy atom. The largest absolute Gasteiger partial charge is 0.463 e. The SMILES string of the molecule is CC.CC.CC.CC.CC.CC.Cc1ccc(OP(Oc2ccc(C)c3ccccc23)OC2CCC(C)CC2C2CC(C)CCC2OP(Oc2ccc(C)c3ccccc23)Oc2ccc(C)c3ccccc23)c2ccccc12.Cc1ccccc1OP(Oc1ccc(C)c2ccccc12)OC1CCC(C)CC1C1CC(C)CCC1OP(Oc1ccccc1C)Oc1ccc(C)c2ccccc12. The van der Waals surface area contributed by atoms with E-state index in [0.29, 0.717) is 23.7 Å². The molecule has 0 spiro atoms. The molecule has 0 aromatic heterocycles. The van der Waals surface area contributed by atoms with E-state index in [1.807, 2.05) is 119 Å². The number of para-hydroxylation sites is 2. The number of benzene rings is 14. The molecule has 4 fully saturated rings. The Labute approximate surface area is 820 Å². The van der Waals surface area contributed by atoms with Crippen LogP contribution >= 0.6 is 34.4 Å². The van der Waals surface area contributed by atoms with Crippen LogP contribution in [0.5, 0.6) is 46.0 Å². The second-order valence-electron chi connectivity index (χ2n) is 35.6. The molecule has 14 aromatic carbocycles. The van der Waals surface area contributed by atoms with Gasteiger partial charge < -0.3 is 36.2 Å². The van der Waals surface area contributed by atoms with Crippen LogP contribution in [0.15, 0.2) is 267 Å².